The third-order valence-electron chi connectivity index (χ3n) is 5.77. The molecule has 0 spiro atoms. The van der Waals surface area contributed by atoms with E-state index in [0.717, 1.165) is 42.2 Å². The normalized spacial score (nSPS) is 17.8. The molecule has 2 N–H and O–H groups in total. The number of amides is 1. The quantitative estimate of drug-likeness (QED) is 0.477. The van der Waals surface area contributed by atoms with Gasteiger partial charge in [-0.1, -0.05) is 37.3 Å². The van der Waals surface area contributed by atoms with E-state index in [-0.39, 0.29) is 12.1 Å². The number of hydrogen-bond acceptors (Lipinski definition) is 6. The molecule has 6 nitrogen and oxygen atoms in total. The maximum atomic E-state index is 13.0. The number of likely N-dealkylation sites (N-methyl/N-ethyl adjacent to an activating group) is 1. The number of carbonyl (C=O) groups excluding carboxylic acids is 2. The van der Waals surface area contributed by atoms with Crippen molar-refractivity contribution in [2.24, 2.45) is 0 Å². The maximum absolute atomic E-state index is 13.0. The average Bonchev–Trinajstić information content (AvgIpc) is 3.17. The average molecular weight is 434 g/mol. The first-order valence-electron chi connectivity index (χ1n) is 10.4. The Balaban J connectivity index is 1.37. The van der Waals surface area contributed by atoms with Gasteiger partial charge in [-0.2, -0.15) is 0 Å². The first-order valence-corrected chi connectivity index (χ1v) is 11.3. The molecule has 3 aromatic rings. The molecule has 158 valence electrons. The van der Waals surface area contributed by atoms with Gasteiger partial charge in [0.25, 0.3) is 5.91 Å². The second-order valence-corrected chi connectivity index (χ2v) is 8.81. The Morgan fingerprint density at radius 2 is 2.00 bits per heavy atom. The van der Waals surface area contributed by atoms with Crippen molar-refractivity contribution in [3.05, 3.63) is 81.7 Å². The van der Waals surface area contributed by atoms with E-state index in [2.05, 4.69) is 22.5 Å². The van der Waals surface area contributed by atoms with Crippen LogP contribution in [0.25, 0.3) is 0 Å². The van der Waals surface area contributed by atoms with E-state index in [1.54, 1.807) is 47.7 Å². The molecule has 0 bridgehead atoms. The smallest absolute Gasteiger partial charge is 0.343 e. The number of fused-ring (bicyclic) bond motifs is 3. The van der Waals surface area contributed by atoms with Crippen LogP contribution in [-0.4, -0.2) is 29.9 Å². The fourth-order valence-corrected chi connectivity index (χ4v) is 5.42. The Labute approximate surface area is 184 Å². The van der Waals surface area contributed by atoms with Crippen LogP contribution in [0, 0.1) is 0 Å². The fraction of sp³-hybridized carbons (Fsp3) is 0.250. The minimum atomic E-state index is -0.410. The second kappa shape index (κ2) is 8.17. The number of esters is 1. The zero-order chi connectivity index (χ0) is 21.4. The molecule has 2 aromatic carbocycles. The van der Waals surface area contributed by atoms with Gasteiger partial charge < -0.3 is 15.4 Å². The number of hydrogen-bond donors (Lipinski definition) is 2. The minimum Gasteiger partial charge on any atom is -0.423 e. The van der Waals surface area contributed by atoms with Crippen LogP contribution in [0.3, 0.4) is 0 Å². The number of rotatable bonds is 4. The van der Waals surface area contributed by atoms with E-state index in [1.807, 2.05) is 18.2 Å². The van der Waals surface area contributed by atoms with Gasteiger partial charge in [0.05, 0.1) is 11.1 Å². The van der Waals surface area contributed by atoms with E-state index < -0.39 is 5.97 Å². The van der Waals surface area contributed by atoms with Crippen molar-refractivity contribution in [1.29, 1.82) is 0 Å². The summed E-state index contributed by atoms with van der Waals surface area (Å²) in [7, 11) is 0. The lowest BCUT2D eigenvalue weighted by Gasteiger charge is -2.28. The summed E-state index contributed by atoms with van der Waals surface area (Å²) in [6, 6.07) is 16.1. The SMILES string of the molecule is CCN1CCc2c(sc3c2C(=O)N[C@@H](c2cccc(OC(=O)c4ccccc4)c2)N3)C1. The molecule has 3 heterocycles. The first kappa shape index (κ1) is 19.8. The highest BCUT2D eigenvalue weighted by atomic mass is 32.1. The van der Waals surface area contributed by atoms with Gasteiger partial charge in [0.15, 0.2) is 0 Å². The topological polar surface area (TPSA) is 70.7 Å². The summed E-state index contributed by atoms with van der Waals surface area (Å²) in [5.74, 6) is -0.0165. The predicted octanol–water partition coefficient (Wildman–Crippen LogP) is 4.20. The number of ether oxygens (including phenoxy) is 1. The van der Waals surface area contributed by atoms with Crippen LogP contribution < -0.4 is 15.4 Å². The van der Waals surface area contributed by atoms with E-state index in [0.29, 0.717) is 11.3 Å². The Hall–Kier alpha value is -3.16. The van der Waals surface area contributed by atoms with Crippen molar-refractivity contribution < 1.29 is 14.3 Å². The standard InChI is InChI=1S/C24H23N3O3S/c1-2-27-12-11-18-19(14-27)31-23-20(18)22(28)25-21(26-23)16-9-6-10-17(13-16)30-24(29)15-7-4-3-5-8-15/h3-10,13,21,26H,2,11-12,14H2,1H3,(H,25,28)/t21-/m1/s1. The maximum Gasteiger partial charge on any atom is 0.343 e. The molecule has 0 saturated carbocycles. The Morgan fingerprint density at radius 1 is 1.16 bits per heavy atom. The van der Waals surface area contributed by atoms with Gasteiger partial charge >= 0.3 is 5.97 Å². The molecule has 0 saturated heterocycles. The number of anilines is 1. The van der Waals surface area contributed by atoms with Crippen LogP contribution in [0.15, 0.2) is 54.6 Å². The summed E-state index contributed by atoms with van der Waals surface area (Å²) in [4.78, 5) is 29.0. The van der Waals surface area contributed by atoms with E-state index >= 15 is 0 Å². The van der Waals surface area contributed by atoms with Crippen LogP contribution in [0.1, 0.15) is 49.8 Å². The minimum absolute atomic E-state index is 0.0483. The van der Waals surface area contributed by atoms with Crippen molar-refractivity contribution in [3.8, 4) is 5.75 Å². The summed E-state index contributed by atoms with van der Waals surface area (Å²) in [6.45, 7) is 5.06. The lowest BCUT2D eigenvalue weighted by molar-refractivity contribution is 0.0734. The van der Waals surface area contributed by atoms with Gasteiger partial charge in [0.1, 0.15) is 16.9 Å². The molecule has 1 amide bonds. The van der Waals surface area contributed by atoms with Crippen LogP contribution >= 0.6 is 11.3 Å². The molecule has 2 aliphatic rings. The lowest BCUT2D eigenvalue weighted by atomic mass is 10.0. The van der Waals surface area contributed by atoms with Gasteiger partial charge in [-0.3, -0.25) is 9.69 Å². The fourth-order valence-electron chi connectivity index (χ4n) is 4.10. The van der Waals surface area contributed by atoms with Crippen LogP contribution in [0.4, 0.5) is 5.00 Å². The van der Waals surface area contributed by atoms with Gasteiger partial charge in [-0.25, -0.2) is 4.79 Å². The van der Waals surface area contributed by atoms with Gasteiger partial charge in [-0.05, 0) is 48.4 Å². The number of carbonyl (C=O) groups is 2. The van der Waals surface area contributed by atoms with Gasteiger partial charge in [0.2, 0.25) is 0 Å². The molecule has 2 aliphatic heterocycles. The molecule has 5 rings (SSSR count). The molecule has 31 heavy (non-hydrogen) atoms. The van der Waals surface area contributed by atoms with Crippen molar-refractivity contribution in [2.45, 2.75) is 26.1 Å². The van der Waals surface area contributed by atoms with Crippen molar-refractivity contribution in [2.75, 3.05) is 18.4 Å². The number of thiophene rings is 1. The number of nitrogens with one attached hydrogen (secondary N) is 2. The van der Waals surface area contributed by atoms with E-state index in [1.165, 1.54) is 10.4 Å². The monoisotopic (exact) mass is 433 g/mol. The van der Waals surface area contributed by atoms with E-state index in [9.17, 15) is 9.59 Å². The second-order valence-electron chi connectivity index (χ2n) is 7.71. The van der Waals surface area contributed by atoms with Gasteiger partial charge in [0, 0.05) is 18.0 Å². The Morgan fingerprint density at radius 3 is 2.81 bits per heavy atom. The summed E-state index contributed by atoms with van der Waals surface area (Å²) in [5, 5.41) is 7.46. The van der Waals surface area contributed by atoms with Crippen LogP contribution in [0.2, 0.25) is 0 Å². The molecule has 0 radical (unpaired) electrons. The van der Waals surface area contributed by atoms with Crippen LogP contribution in [0.5, 0.6) is 5.75 Å². The molecule has 1 atom stereocenters. The highest BCUT2D eigenvalue weighted by Gasteiger charge is 2.33. The largest absolute Gasteiger partial charge is 0.423 e. The van der Waals surface area contributed by atoms with E-state index in [4.69, 9.17) is 4.74 Å². The first-order chi connectivity index (χ1) is 15.1. The zero-order valence-electron chi connectivity index (χ0n) is 17.2. The zero-order valence-corrected chi connectivity index (χ0v) is 18.0. The summed E-state index contributed by atoms with van der Waals surface area (Å²) >= 11 is 1.67. The molecule has 7 heteroatoms. The predicted molar refractivity (Wildman–Crippen MR) is 121 cm³/mol. The summed E-state index contributed by atoms with van der Waals surface area (Å²) < 4.78 is 5.54. The summed E-state index contributed by atoms with van der Waals surface area (Å²) in [5.41, 5.74) is 3.29. The molecular formula is C24H23N3O3S. The number of benzene rings is 2. The molecule has 1 aromatic heterocycles. The number of nitrogens with zero attached hydrogens (tertiary/aromatic N) is 1. The van der Waals surface area contributed by atoms with Crippen LogP contribution in [-0.2, 0) is 13.0 Å². The third kappa shape index (κ3) is 3.82. The lowest BCUT2D eigenvalue weighted by Crippen LogP contribution is -2.38. The molecular weight excluding hydrogens is 410 g/mol. The third-order valence-corrected chi connectivity index (χ3v) is 6.92. The molecule has 0 fully saturated rings. The molecule has 0 aliphatic carbocycles. The van der Waals surface area contributed by atoms with Crippen molar-refractivity contribution >= 4 is 28.2 Å². The highest BCUT2D eigenvalue weighted by molar-refractivity contribution is 7.16. The van der Waals surface area contributed by atoms with Gasteiger partial charge in [-0.15, -0.1) is 11.3 Å². The molecule has 0 unspecified atom stereocenters. The van der Waals surface area contributed by atoms with Crippen molar-refractivity contribution in [1.82, 2.24) is 10.2 Å². The van der Waals surface area contributed by atoms with Crippen molar-refractivity contribution in [3.63, 3.8) is 0 Å². The summed E-state index contributed by atoms with van der Waals surface area (Å²) in [6.07, 6.45) is 0.525. The Kier molecular flexibility index (Phi) is 5.21. The highest BCUT2D eigenvalue weighted by Crippen LogP contribution is 2.40. The Bertz CT molecular complexity index is 1140.